The molecule has 6 rings (SSSR count). The fourth-order valence-corrected chi connectivity index (χ4v) is 24.1. The van der Waals surface area contributed by atoms with Crippen molar-refractivity contribution in [2.24, 2.45) is 0 Å². The number of fused-ring (bicyclic) bond motifs is 4. The molecule has 270 valence electrons. The Bertz CT molecular complexity index is 1390. The van der Waals surface area contributed by atoms with Gasteiger partial charge in [-0.2, -0.15) is 0 Å². The molecular formula is C48H74Pb. The zero-order valence-corrected chi connectivity index (χ0v) is 39.0. The molecule has 2 radical (unpaired) electrons. The molecule has 0 saturated heterocycles. The first-order chi connectivity index (χ1) is 22.7. The molecule has 1 heteroatoms. The monoisotopic (exact) mass is 859 g/mol. The van der Waals surface area contributed by atoms with E-state index in [0.717, 1.165) is 0 Å². The molecular weight excluding hydrogens is 784 g/mol. The first-order valence-corrected chi connectivity index (χ1v) is 24.9. The first kappa shape index (κ1) is 38.1. The second-order valence-electron chi connectivity index (χ2n) is 20.5. The molecule has 2 aromatic rings. The summed E-state index contributed by atoms with van der Waals surface area (Å²) in [6, 6.07) is 5.74. The van der Waals surface area contributed by atoms with Gasteiger partial charge in [-0.15, -0.1) is 0 Å². The molecule has 0 spiro atoms. The van der Waals surface area contributed by atoms with Gasteiger partial charge in [-0.3, -0.25) is 0 Å². The third kappa shape index (κ3) is 5.02. The van der Waals surface area contributed by atoms with Gasteiger partial charge in [0.1, 0.15) is 0 Å². The Labute approximate surface area is 316 Å². The predicted molar refractivity (Wildman–Crippen MR) is 218 cm³/mol. The van der Waals surface area contributed by atoms with Crippen LogP contribution < -0.4 is 6.25 Å². The van der Waals surface area contributed by atoms with Gasteiger partial charge in [-0.1, -0.05) is 0 Å². The van der Waals surface area contributed by atoms with E-state index in [9.17, 15) is 0 Å². The van der Waals surface area contributed by atoms with Gasteiger partial charge in [-0.05, 0) is 0 Å². The fourth-order valence-electron chi connectivity index (χ4n) is 13.9. The Kier molecular flexibility index (Phi) is 9.28. The quantitative estimate of drug-likeness (QED) is 0.209. The van der Waals surface area contributed by atoms with Crippen LogP contribution >= 0.6 is 0 Å². The fraction of sp³-hybridized carbons (Fsp3) is 0.750. The third-order valence-corrected chi connectivity index (χ3v) is 22.3. The molecule has 0 aromatic heterocycles. The summed E-state index contributed by atoms with van der Waals surface area (Å²) >= 11 is -1.64. The molecule has 0 nitrogen and oxygen atoms in total. The Morgan fingerprint density at radius 2 is 0.551 bits per heavy atom. The van der Waals surface area contributed by atoms with Crippen LogP contribution in [0.1, 0.15) is 232 Å². The van der Waals surface area contributed by atoms with Crippen LogP contribution in [0.5, 0.6) is 0 Å². The van der Waals surface area contributed by atoms with Crippen molar-refractivity contribution in [1.82, 2.24) is 0 Å². The SMILES string of the molecule is CCC1(CC)CC(C)(C)c2c1cc1c([c]2[Pb][c]2c3c(cc4c2C(C)(C)CC4(CC)CC)C(CC)(CC)CC3(C)C)C(C)(C)CC1(CC)CC. The molecule has 4 aliphatic carbocycles. The molecule has 0 fully saturated rings. The summed E-state index contributed by atoms with van der Waals surface area (Å²) in [5.74, 6) is 0. The number of rotatable bonds is 10. The molecule has 0 atom stereocenters. The molecule has 0 saturated carbocycles. The topological polar surface area (TPSA) is 0 Å². The van der Waals surface area contributed by atoms with Crippen molar-refractivity contribution in [2.45, 2.75) is 231 Å². The van der Waals surface area contributed by atoms with Crippen LogP contribution in [0.15, 0.2) is 12.1 Å². The molecule has 49 heavy (non-hydrogen) atoms. The van der Waals surface area contributed by atoms with Crippen LogP contribution in [-0.4, -0.2) is 24.2 Å². The van der Waals surface area contributed by atoms with Crippen LogP contribution in [0.2, 0.25) is 0 Å². The van der Waals surface area contributed by atoms with Gasteiger partial charge in [0.05, 0.1) is 0 Å². The molecule has 0 aliphatic heterocycles. The zero-order chi connectivity index (χ0) is 36.4. The van der Waals surface area contributed by atoms with Crippen molar-refractivity contribution in [1.29, 1.82) is 0 Å². The van der Waals surface area contributed by atoms with Crippen LogP contribution in [0.4, 0.5) is 0 Å². The normalized spacial score (nSPS) is 24.8. The molecule has 4 aliphatic rings. The average molecular weight is 858 g/mol. The van der Waals surface area contributed by atoms with E-state index in [0.29, 0.717) is 21.7 Å². The van der Waals surface area contributed by atoms with Gasteiger partial charge in [0.2, 0.25) is 0 Å². The summed E-state index contributed by atoms with van der Waals surface area (Å²) in [5.41, 5.74) is 16.7. The van der Waals surface area contributed by atoms with E-state index in [1.807, 2.05) is 28.5 Å². The van der Waals surface area contributed by atoms with Gasteiger partial charge in [0.15, 0.2) is 0 Å². The van der Waals surface area contributed by atoms with Crippen LogP contribution in [0.25, 0.3) is 0 Å². The Morgan fingerprint density at radius 1 is 0.367 bits per heavy atom. The standard InChI is InChI=1S/2C24H37.Pb/c2*1-9-23(10-2)15-21(5,6)17-13-18-20(14-19(17)23)24(11-3,12-4)16-22(18,7)8;/h2*14H,9-12,15-16H2,1-8H3;. The van der Waals surface area contributed by atoms with E-state index in [2.05, 4.69) is 123 Å². The molecule has 0 unspecified atom stereocenters. The van der Waals surface area contributed by atoms with E-state index in [-0.39, 0.29) is 21.7 Å². The number of benzene rings is 2. The second-order valence-corrected chi connectivity index (χ2v) is 25.4. The van der Waals surface area contributed by atoms with E-state index in [1.54, 1.807) is 22.3 Å². The van der Waals surface area contributed by atoms with E-state index in [4.69, 9.17) is 0 Å². The van der Waals surface area contributed by atoms with Crippen LogP contribution in [0.3, 0.4) is 0 Å². The van der Waals surface area contributed by atoms with E-state index < -0.39 is 24.2 Å². The van der Waals surface area contributed by atoms with Gasteiger partial charge >= 0.3 is 318 Å². The average Bonchev–Trinajstić information content (AvgIpc) is 3.64. The van der Waals surface area contributed by atoms with Gasteiger partial charge in [0, 0.05) is 0 Å². The zero-order valence-electron chi connectivity index (χ0n) is 35.1. The second kappa shape index (κ2) is 11.9. The first-order valence-electron chi connectivity index (χ1n) is 21.0. The van der Waals surface area contributed by atoms with Gasteiger partial charge in [-0.25, -0.2) is 0 Å². The van der Waals surface area contributed by atoms with Gasteiger partial charge in [0.25, 0.3) is 0 Å². The van der Waals surface area contributed by atoms with E-state index >= 15 is 0 Å². The van der Waals surface area contributed by atoms with Crippen molar-refractivity contribution >= 4 is 30.5 Å². The molecule has 0 bridgehead atoms. The van der Waals surface area contributed by atoms with Crippen molar-refractivity contribution in [3.63, 3.8) is 0 Å². The summed E-state index contributed by atoms with van der Waals surface area (Å²) in [7, 11) is 0. The number of hydrogen-bond acceptors (Lipinski definition) is 0. The summed E-state index contributed by atoms with van der Waals surface area (Å²) in [6.07, 6.45) is 15.4. The van der Waals surface area contributed by atoms with Crippen molar-refractivity contribution < 1.29 is 0 Å². The third-order valence-electron chi connectivity index (χ3n) is 16.4. The van der Waals surface area contributed by atoms with Crippen LogP contribution in [0, 0.1) is 0 Å². The Morgan fingerprint density at radius 3 is 0.714 bits per heavy atom. The summed E-state index contributed by atoms with van der Waals surface area (Å²) in [6.45, 7) is 41.3. The maximum atomic E-state index is 2.87. The van der Waals surface area contributed by atoms with Crippen LogP contribution in [-0.2, 0) is 43.3 Å². The van der Waals surface area contributed by atoms with Crippen molar-refractivity contribution in [2.75, 3.05) is 0 Å². The molecule has 0 N–H and O–H groups in total. The summed E-state index contributed by atoms with van der Waals surface area (Å²) in [5, 5.41) is 0. The Balaban J connectivity index is 1.81. The maximum absolute atomic E-state index is 2.87. The number of hydrogen-bond donors (Lipinski definition) is 0. The minimum absolute atomic E-state index is 0.220. The molecule has 2 aromatic carbocycles. The minimum atomic E-state index is -1.64. The predicted octanol–water partition coefficient (Wildman–Crippen LogP) is 12.3. The van der Waals surface area contributed by atoms with Crippen molar-refractivity contribution in [3.8, 4) is 0 Å². The van der Waals surface area contributed by atoms with Crippen molar-refractivity contribution in [3.05, 3.63) is 56.6 Å². The molecule has 0 heterocycles. The summed E-state index contributed by atoms with van der Waals surface area (Å²) < 4.78 is 3.93. The molecule has 0 amide bonds. The van der Waals surface area contributed by atoms with E-state index in [1.165, 1.54) is 77.0 Å². The Hall–Kier alpha value is -0.638. The summed E-state index contributed by atoms with van der Waals surface area (Å²) in [4.78, 5) is 0. The van der Waals surface area contributed by atoms with Gasteiger partial charge < -0.3 is 0 Å².